The molecular formula is C15H21F3N2O. The molecule has 0 aliphatic heterocycles. The lowest BCUT2D eigenvalue weighted by atomic mass is 9.92. The second-order valence-electron chi connectivity index (χ2n) is 5.58. The van der Waals surface area contributed by atoms with Gasteiger partial charge in [-0.1, -0.05) is 0 Å². The molecule has 0 aromatic carbocycles. The Bertz CT molecular complexity index is 425. The van der Waals surface area contributed by atoms with Crippen LogP contribution in [0, 0.1) is 0 Å². The molecule has 1 heterocycles. The summed E-state index contributed by atoms with van der Waals surface area (Å²) in [5.74, 6) is 0. The van der Waals surface area contributed by atoms with Crippen molar-refractivity contribution < 1.29 is 17.9 Å². The van der Waals surface area contributed by atoms with E-state index in [1.165, 1.54) is 0 Å². The van der Waals surface area contributed by atoms with Gasteiger partial charge in [0.05, 0.1) is 6.10 Å². The SMILES string of the molecule is CC(NC1CCCC(OCC(F)(F)F)C1)c1ccncc1. The number of aromatic nitrogens is 1. The number of rotatable bonds is 5. The Morgan fingerprint density at radius 3 is 2.71 bits per heavy atom. The Hall–Kier alpha value is -1.14. The molecule has 1 aromatic rings. The fraction of sp³-hybridized carbons (Fsp3) is 0.667. The highest BCUT2D eigenvalue weighted by atomic mass is 19.4. The fourth-order valence-electron chi connectivity index (χ4n) is 2.76. The first-order valence-corrected chi connectivity index (χ1v) is 7.28. The maximum Gasteiger partial charge on any atom is 0.411 e. The monoisotopic (exact) mass is 302 g/mol. The van der Waals surface area contributed by atoms with E-state index in [1.807, 2.05) is 12.1 Å². The molecular weight excluding hydrogens is 281 g/mol. The van der Waals surface area contributed by atoms with Crippen LogP contribution in [0.5, 0.6) is 0 Å². The molecule has 3 atom stereocenters. The van der Waals surface area contributed by atoms with Crippen LogP contribution in [0.15, 0.2) is 24.5 Å². The zero-order valence-electron chi connectivity index (χ0n) is 12.1. The molecule has 6 heteroatoms. The van der Waals surface area contributed by atoms with Crippen molar-refractivity contribution in [3.63, 3.8) is 0 Å². The Balaban J connectivity index is 1.81. The van der Waals surface area contributed by atoms with Crippen LogP contribution in [-0.2, 0) is 4.74 Å². The van der Waals surface area contributed by atoms with Gasteiger partial charge in [0.1, 0.15) is 6.61 Å². The molecule has 0 saturated heterocycles. The maximum atomic E-state index is 12.2. The van der Waals surface area contributed by atoms with E-state index in [-0.39, 0.29) is 18.2 Å². The number of nitrogens with one attached hydrogen (secondary N) is 1. The molecule has 0 amide bonds. The second-order valence-corrected chi connectivity index (χ2v) is 5.58. The van der Waals surface area contributed by atoms with Crippen molar-refractivity contribution in [2.75, 3.05) is 6.61 Å². The van der Waals surface area contributed by atoms with Gasteiger partial charge in [0.2, 0.25) is 0 Å². The third-order valence-corrected chi connectivity index (χ3v) is 3.80. The highest BCUT2D eigenvalue weighted by molar-refractivity contribution is 5.14. The smallest absolute Gasteiger partial charge is 0.369 e. The van der Waals surface area contributed by atoms with E-state index in [9.17, 15) is 13.2 Å². The van der Waals surface area contributed by atoms with E-state index >= 15 is 0 Å². The molecule has 3 unspecified atom stereocenters. The van der Waals surface area contributed by atoms with Gasteiger partial charge in [-0.3, -0.25) is 4.98 Å². The minimum atomic E-state index is -4.25. The van der Waals surface area contributed by atoms with Gasteiger partial charge in [-0.25, -0.2) is 0 Å². The van der Waals surface area contributed by atoms with Crippen molar-refractivity contribution in [2.24, 2.45) is 0 Å². The average molecular weight is 302 g/mol. The summed E-state index contributed by atoms with van der Waals surface area (Å²) in [5, 5.41) is 3.47. The van der Waals surface area contributed by atoms with Crippen LogP contribution in [0.1, 0.15) is 44.2 Å². The van der Waals surface area contributed by atoms with Crippen molar-refractivity contribution in [3.8, 4) is 0 Å². The van der Waals surface area contributed by atoms with Crippen LogP contribution in [0.3, 0.4) is 0 Å². The summed E-state index contributed by atoms with van der Waals surface area (Å²) < 4.78 is 41.6. The molecule has 1 aliphatic carbocycles. The molecule has 1 N–H and O–H groups in total. The van der Waals surface area contributed by atoms with E-state index < -0.39 is 12.8 Å². The molecule has 0 bridgehead atoms. The highest BCUT2D eigenvalue weighted by Crippen LogP contribution is 2.25. The van der Waals surface area contributed by atoms with Crippen LogP contribution < -0.4 is 5.32 Å². The number of hydrogen-bond acceptors (Lipinski definition) is 3. The molecule has 1 fully saturated rings. The number of pyridine rings is 1. The first-order chi connectivity index (χ1) is 9.94. The molecule has 1 aromatic heterocycles. The van der Waals surface area contributed by atoms with E-state index in [1.54, 1.807) is 12.4 Å². The fourth-order valence-corrected chi connectivity index (χ4v) is 2.76. The Kier molecular flexibility index (Phi) is 5.58. The van der Waals surface area contributed by atoms with E-state index in [4.69, 9.17) is 4.74 Å². The van der Waals surface area contributed by atoms with Gasteiger partial charge in [-0.2, -0.15) is 13.2 Å². The molecule has 0 spiro atoms. The van der Waals surface area contributed by atoms with Crippen LogP contribution in [-0.4, -0.2) is 29.9 Å². The molecule has 2 rings (SSSR count). The number of halogens is 3. The lowest BCUT2D eigenvalue weighted by Crippen LogP contribution is -2.39. The summed E-state index contributed by atoms with van der Waals surface area (Å²) in [6.07, 6.45) is 2.13. The Labute approximate surface area is 122 Å². The quantitative estimate of drug-likeness (QED) is 0.902. The van der Waals surface area contributed by atoms with Crippen LogP contribution in [0.2, 0.25) is 0 Å². The summed E-state index contributed by atoms with van der Waals surface area (Å²) in [6.45, 7) is 0.903. The first kappa shape index (κ1) is 16.2. The number of nitrogens with zero attached hydrogens (tertiary/aromatic N) is 1. The van der Waals surface area contributed by atoms with Gasteiger partial charge >= 0.3 is 6.18 Å². The normalized spacial score (nSPS) is 24.8. The minimum Gasteiger partial charge on any atom is -0.369 e. The van der Waals surface area contributed by atoms with E-state index in [0.29, 0.717) is 12.8 Å². The van der Waals surface area contributed by atoms with Crippen LogP contribution >= 0.6 is 0 Å². The average Bonchev–Trinajstić information content (AvgIpc) is 2.46. The third kappa shape index (κ3) is 5.63. The molecule has 1 aliphatic rings. The van der Waals surface area contributed by atoms with Gasteiger partial charge < -0.3 is 10.1 Å². The zero-order valence-corrected chi connectivity index (χ0v) is 12.1. The standard InChI is InChI=1S/C15H21F3N2O/c1-11(12-5-7-19-8-6-12)20-13-3-2-4-14(9-13)21-10-15(16,17)18/h5-8,11,13-14,20H,2-4,9-10H2,1H3. The summed E-state index contributed by atoms with van der Waals surface area (Å²) in [6, 6.07) is 4.23. The summed E-state index contributed by atoms with van der Waals surface area (Å²) in [5.41, 5.74) is 1.13. The topological polar surface area (TPSA) is 34.1 Å². The Morgan fingerprint density at radius 1 is 1.33 bits per heavy atom. The summed E-state index contributed by atoms with van der Waals surface area (Å²) >= 11 is 0. The lowest BCUT2D eigenvalue weighted by molar-refractivity contribution is -0.188. The molecule has 21 heavy (non-hydrogen) atoms. The van der Waals surface area contributed by atoms with Crippen molar-refractivity contribution in [2.45, 2.75) is 57.0 Å². The minimum absolute atomic E-state index is 0.152. The zero-order chi connectivity index (χ0) is 15.3. The Morgan fingerprint density at radius 2 is 2.05 bits per heavy atom. The van der Waals surface area contributed by atoms with Gasteiger partial charge in [0.15, 0.2) is 0 Å². The van der Waals surface area contributed by atoms with Gasteiger partial charge in [0.25, 0.3) is 0 Å². The molecule has 3 nitrogen and oxygen atoms in total. The van der Waals surface area contributed by atoms with Crippen LogP contribution in [0.4, 0.5) is 13.2 Å². The van der Waals surface area contributed by atoms with E-state index in [2.05, 4.69) is 17.2 Å². The lowest BCUT2D eigenvalue weighted by Gasteiger charge is -2.32. The largest absolute Gasteiger partial charge is 0.411 e. The van der Waals surface area contributed by atoms with E-state index in [0.717, 1.165) is 18.4 Å². The third-order valence-electron chi connectivity index (χ3n) is 3.80. The van der Waals surface area contributed by atoms with Crippen molar-refractivity contribution in [3.05, 3.63) is 30.1 Å². The van der Waals surface area contributed by atoms with Gasteiger partial charge in [-0.05, 0) is 50.3 Å². The molecule has 118 valence electrons. The van der Waals surface area contributed by atoms with Crippen LogP contribution in [0.25, 0.3) is 0 Å². The predicted octanol–water partition coefficient (Wildman–Crippen LogP) is 3.62. The first-order valence-electron chi connectivity index (χ1n) is 7.28. The highest BCUT2D eigenvalue weighted by Gasteiger charge is 2.31. The number of alkyl halides is 3. The maximum absolute atomic E-state index is 12.2. The van der Waals surface area contributed by atoms with Crippen molar-refractivity contribution >= 4 is 0 Å². The number of hydrogen-bond donors (Lipinski definition) is 1. The van der Waals surface area contributed by atoms with Gasteiger partial charge in [-0.15, -0.1) is 0 Å². The summed E-state index contributed by atoms with van der Waals surface area (Å²) in [4.78, 5) is 3.98. The summed E-state index contributed by atoms with van der Waals surface area (Å²) in [7, 11) is 0. The second kappa shape index (κ2) is 7.22. The van der Waals surface area contributed by atoms with Gasteiger partial charge in [0, 0.05) is 24.5 Å². The van der Waals surface area contributed by atoms with Crippen molar-refractivity contribution in [1.29, 1.82) is 0 Å². The molecule has 1 saturated carbocycles. The molecule has 0 radical (unpaired) electrons. The van der Waals surface area contributed by atoms with Crippen molar-refractivity contribution in [1.82, 2.24) is 10.3 Å². The number of ether oxygens (including phenoxy) is 1. The predicted molar refractivity (Wildman–Crippen MR) is 73.8 cm³/mol.